The van der Waals surface area contributed by atoms with Gasteiger partial charge in [-0.3, -0.25) is 9.59 Å². The van der Waals surface area contributed by atoms with Crippen LogP contribution in [-0.4, -0.2) is 40.2 Å². The third kappa shape index (κ3) is 2.33. The number of carbonyl (C=O) groups is 1. The molecule has 0 unspecified atom stereocenters. The number of benzene rings is 1. The number of amides is 1. The molecule has 2 rings (SSSR count). The Hall–Kier alpha value is -2.83. The molecule has 3 N–H and O–H groups in total. The Bertz CT molecular complexity index is 817. The molecule has 0 heterocycles. The Labute approximate surface area is 118 Å². The van der Waals surface area contributed by atoms with Crippen molar-refractivity contribution in [3.63, 3.8) is 0 Å². The molecule has 0 saturated heterocycles. The Balaban J connectivity index is 3.00. The van der Waals surface area contributed by atoms with Gasteiger partial charge in [-0.2, -0.15) is 0 Å². The van der Waals surface area contributed by atoms with Gasteiger partial charge in [-0.1, -0.05) is 0 Å². The van der Waals surface area contributed by atoms with Crippen LogP contribution in [0.2, 0.25) is 0 Å². The topological polar surface area (TPSA) is 98.1 Å². The maximum absolute atomic E-state index is 13.5. The SMILES string of the molecule is CN(C)C(=O)c1cc(O)c(=O)c2c(O)c(O)c(F)cc2c1. The molecule has 0 aliphatic rings. The fourth-order valence-electron chi connectivity index (χ4n) is 1.93. The zero-order valence-corrected chi connectivity index (χ0v) is 11.2. The molecule has 0 bridgehead atoms. The smallest absolute Gasteiger partial charge is 0.253 e. The quantitative estimate of drug-likeness (QED) is 0.685. The van der Waals surface area contributed by atoms with Crippen LogP contribution in [0.25, 0.3) is 10.8 Å². The van der Waals surface area contributed by atoms with Gasteiger partial charge in [-0.15, -0.1) is 0 Å². The zero-order valence-electron chi connectivity index (χ0n) is 11.2. The van der Waals surface area contributed by atoms with Crippen LogP contribution >= 0.6 is 0 Å². The highest BCUT2D eigenvalue weighted by Crippen LogP contribution is 2.35. The van der Waals surface area contributed by atoms with Gasteiger partial charge in [-0.25, -0.2) is 4.39 Å². The molecule has 0 aliphatic heterocycles. The number of phenolic OH excluding ortho intramolecular Hbond substituents is 2. The van der Waals surface area contributed by atoms with E-state index in [0.29, 0.717) is 0 Å². The summed E-state index contributed by atoms with van der Waals surface area (Å²) in [5, 5.41) is 28.2. The van der Waals surface area contributed by atoms with E-state index in [2.05, 4.69) is 0 Å². The van der Waals surface area contributed by atoms with Crippen LogP contribution in [0.15, 0.2) is 23.0 Å². The van der Waals surface area contributed by atoms with Gasteiger partial charge in [0.2, 0.25) is 5.43 Å². The number of phenols is 2. The summed E-state index contributed by atoms with van der Waals surface area (Å²) in [6, 6.07) is 2.89. The number of rotatable bonds is 1. The molecule has 0 aromatic heterocycles. The Kier molecular flexibility index (Phi) is 3.42. The van der Waals surface area contributed by atoms with Crippen molar-refractivity contribution in [2.24, 2.45) is 0 Å². The van der Waals surface area contributed by atoms with E-state index in [1.54, 1.807) is 0 Å². The number of halogens is 1. The van der Waals surface area contributed by atoms with E-state index in [9.17, 15) is 29.3 Å². The number of hydrogen-bond acceptors (Lipinski definition) is 5. The molecule has 21 heavy (non-hydrogen) atoms. The number of aromatic hydroxyl groups is 3. The lowest BCUT2D eigenvalue weighted by Crippen LogP contribution is -2.21. The van der Waals surface area contributed by atoms with Crippen molar-refractivity contribution in [2.45, 2.75) is 0 Å². The van der Waals surface area contributed by atoms with Crippen LogP contribution in [-0.2, 0) is 0 Å². The molecule has 0 radical (unpaired) electrons. The molecular formula is C14H12FNO5. The lowest BCUT2D eigenvalue weighted by molar-refractivity contribution is 0.0827. The first-order valence-corrected chi connectivity index (χ1v) is 5.87. The molecule has 110 valence electrons. The van der Waals surface area contributed by atoms with Gasteiger partial charge in [0.15, 0.2) is 23.1 Å². The van der Waals surface area contributed by atoms with Crippen molar-refractivity contribution < 1.29 is 24.5 Å². The molecule has 0 spiro atoms. The van der Waals surface area contributed by atoms with E-state index < -0.39 is 39.8 Å². The lowest BCUT2D eigenvalue weighted by Gasteiger charge is -2.08. The minimum Gasteiger partial charge on any atom is -0.504 e. The Morgan fingerprint density at radius 3 is 2.29 bits per heavy atom. The van der Waals surface area contributed by atoms with E-state index >= 15 is 0 Å². The van der Waals surface area contributed by atoms with Gasteiger partial charge in [-0.05, 0) is 23.6 Å². The zero-order chi connectivity index (χ0) is 15.9. The van der Waals surface area contributed by atoms with Crippen molar-refractivity contribution in [3.8, 4) is 17.2 Å². The molecular weight excluding hydrogens is 281 g/mol. The Morgan fingerprint density at radius 2 is 1.71 bits per heavy atom. The van der Waals surface area contributed by atoms with Crippen molar-refractivity contribution in [3.05, 3.63) is 39.8 Å². The minimum atomic E-state index is -1.15. The van der Waals surface area contributed by atoms with Gasteiger partial charge in [0.05, 0.1) is 5.39 Å². The van der Waals surface area contributed by atoms with Gasteiger partial charge in [0.25, 0.3) is 5.91 Å². The van der Waals surface area contributed by atoms with Crippen LogP contribution in [0, 0.1) is 5.82 Å². The summed E-state index contributed by atoms with van der Waals surface area (Å²) in [4.78, 5) is 25.1. The van der Waals surface area contributed by atoms with Crippen molar-refractivity contribution >= 4 is 16.7 Å². The van der Waals surface area contributed by atoms with E-state index in [4.69, 9.17) is 0 Å². The summed E-state index contributed by atoms with van der Waals surface area (Å²) in [5.41, 5.74) is -1.08. The first-order chi connectivity index (χ1) is 9.73. The number of carbonyl (C=O) groups excluding carboxylic acids is 1. The van der Waals surface area contributed by atoms with Crippen LogP contribution in [0.1, 0.15) is 10.4 Å². The largest absolute Gasteiger partial charge is 0.504 e. The van der Waals surface area contributed by atoms with Crippen LogP contribution in [0.3, 0.4) is 0 Å². The minimum absolute atomic E-state index is 0.0610. The Morgan fingerprint density at radius 1 is 1.10 bits per heavy atom. The van der Waals surface area contributed by atoms with Crippen LogP contribution in [0.5, 0.6) is 17.2 Å². The fraction of sp³-hybridized carbons (Fsp3) is 0.143. The van der Waals surface area contributed by atoms with Crippen LogP contribution < -0.4 is 5.43 Å². The molecule has 0 aliphatic carbocycles. The van der Waals surface area contributed by atoms with Crippen molar-refractivity contribution in [2.75, 3.05) is 14.1 Å². The van der Waals surface area contributed by atoms with E-state index in [1.807, 2.05) is 0 Å². The van der Waals surface area contributed by atoms with E-state index in [1.165, 1.54) is 19.0 Å². The summed E-state index contributed by atoms with van der Waals surface area (Å²) in [6.07, 6.45) is 0. The second kappa shape index (κ2) is 4.93. The highest BCUT2D eigenvalue weighted by Gasteiger charge is 2.18. The van der Waals surface area contributed by atoms with Crippen molar-refractivity contribution in [1.29, 1.82) is 0 Å². The molecule has 1 amide bonds. The third-order valence-electron chi connectivity index (χ3n) is 2.97. The van der Waals surface area contributed by atoms with E-state index in [-0.39, 0.29) is 10.9 Å². The highest BCUT2D eigenvalue weighted by molar-refractivity contribution is 5.99. The lowest BCUT2D eigenvalue weighted by atomic mass is 10.1. The summed E-state index contributed by atoms with van der Waals surface area (Å²) in [5.74, 6) is -4.53. The molecule has 0 fully saturated rings. The molecule has 6 nitrogen and oxygen atoms in total. The normalized spacial score (nSPS) is 10.6. The van der Waals surface area contributed by atoms with Gasteiger partial charge < -0.3 is 20.2 Å². The molecule has 0 saturated carbocycles. The first kappa shape index (κ1) is 14.6. The number of fused-ring (bicyclic) bond motifs is 1. The summed E-state index contributed by atoms with van der Waals surface area (Å²) in [6.45, 7) is 0. The number of nitrogens with zero attached hydrogens (tertiary/aromatic N) is 1. The van der Waals surface area contributed by atoms with Crippen molar-refractivity contribution in [1.82, 2.24) is 4.90 Å². The third-order valence-corrected chi connectivity index (χ3v) is 2.97. The standard InChI is InChI=1S/C14H12FNO5/c1-16(2)14(21)7-3-6-4-8(15)11(18)13(20)10(6)12(19)9(17)5-7/h3-5,18,20H,1-2H3,(H,17,19). The fourth-order valence-corrected chi connectivity index (χ4v) is 1.93. The maximum Gasteiger partial charge on any atom is 0.253 e. The van der Waals surface area contributed by atoms with Gasteiger partial charge in [0.1, 0.15) is 0 Å². The predicted octanol–water partition coefficient (Wildman–Crippen LogP) is 1.16. The van der Waals surface area contributed by atoms with Gasteiger partial charge >= 0.3 is 0 Å². The monoisotopic (exact) mass is 293 g/mol. The van der Waals surface area contributed by atoms with Crippen LogP contribution in [0.4, 0.5) is 4.39 Å². The average molecular weight is 293 g/mol. The molecule has 0 atom stereocenters. The second-order valence-corrected chi connectivity index (χ2v) is 4.68. The predicted molar refractivity (Wildman–Crippen MR) is 73.2 cm³/mol. The molecule has 2 aromatic carbocycles. The highest BCUT2D eigenvalue weighted by atomic mass is 19.1. The number of hydrogen-bond donors (Lipinski definition) is 3. The second-order valence-electron chi connectivity index (χ2n) is 4.68. The first-order valence-electron chi connectivity index (χ1n) is 5.87. The summed E-state index contributed by atoms with van der Waals surface area (Å²) < 4.78 is 13.5. The molecule has 7 heteroatoms. The van der Waals surface area contributed by atoms with Gasteiger partial charge in [0, 0.05) is 19.7 Å². The average Bonchev–Trinajstić information content (AvgIpc) is 2.53. The molecule has 2 aromatic rings. The summed E-state index contributed by atoms with van der Waals surface area (Å²) in [7, 11) is 2.94. The maximum atomic E-state index is 13.5. The summed E-state index contributed by atoms with van der Waals surface area (Å²) >= 11 is 0. The van der Waals surface area contributed by atoms with E-state index in [0.717, 1.165) is 18.2 Å².